The second-order valence-corrected chi connectivity index (χ2v) is 4.28. The molecule has 0 amide bonds. The lowest BCUT2D eigenvalue weighted by Gasteiger charge is -2.00. The van der Waals surface area contributed by atoms with Crippen molar-refractivity contribution in [1.29, 1.82) is 0 Å². The van der Waals surface area contributed by atoms with E-state index in [1.54, 1.807) is 11.3 Å². The quantitative estimate of drug-likeness (QED) is 0.329. The molecule has 0 fully saturated rings. The van der Waals surface area contributed by atoms with Crippen LogP contribution >= 0.6 is 11.3 Å². The molecule has 0 aliphatic carbocycles. The lowest BCUT2D eigenvalue weighted by molar-refractivity contribution is 0.318. The maximum atomic E-state index is 8.85. The molecule has 0 aliphatic heterocycles. The summed E-state index contributed by atoms with van der Waals surface area (Å²) >= 11 is 1.63. The highest BCUT2D eigenvalue weighted by Gasteiger charge is 2.04. The fourth-order valence-electron chi connectivity index (χ4n) is 1.38. The van der Waals surface area contributed by atoms with Crippen LogP contribution in [-0.4, -0.2) is 10.9 Å². The Labute approximate surface area is 89.3 Å². The van der Waals surface area contributed by atoms with Gasteiger partial charge >= 0.3 is 0 Å². The predicted octanol–water partition coefficient (Wildman–Crippen LogP) is 3.90. The van der Waals surface area contributed by atoms with E-state index in [-0.39, 0.29) is 0 Å². The normalized spacial score (nSPS) is 11.9. The Morgan fingerprint density at radius 3 is 2.86 bits per heavy atom. The number of thiophene rings is 1. The van der Waals surface area contributed by atoms with Crippen LogP contribution in [0.4, 0.5) is 0 Å². The Morgan fingerprint density at radius 1 is 1.43 bits per heavy atom. The van der Waals surface area contributed by atoms with Crippen molar-refractivity contribution in [2.45, 2.75) is 39.0 Å². The van der Waals surface area contributed by atoms with Crippen LogP contribution < -0.4 is 0 Å². The summed E-state index contributed by atoms with van der Waals surface area (Å²) in [4.78, 5) is 1.09. The van der Waals surface area contributed by atoms with Crippen molar-refractivity contribution in [3.63, 3.8) is 0 Å². The maximum Gasteiger partial charge on any atom is 0.0967 e. The molecule has 0 atom stereocenters. The Bertz CT molecular complexity index is 267. The van der Waals surface area contributed by atoms with Gasteiger partial charge in [0, 0.05) is 0 Å². The van der Waals surface area contributed by atoms with Gasteiger partial charge in [-0.25, -0.2) is 0 Å². The molecular weight excluding hydrogens is 194 g/mol. The second kappa shape index (κ2) is 6.60. The third-order valence-electron chi connectivity index (χ3n) is 2.19. The number of hydrogen-bond acceptors (Lipinski definition) is 3. The minimum absolute atomic E-state index is 0.830. The van der Waals surface area contributed by atoms with Crippen LogP contribution in [0.5, 0.6) is 0 Å². The molecule has 0 aliphatic rings. The number of nitrogens with zero attached hydrogens (tertiary/aromatic N) is 1. The molecule has 78 valence electrons. The summed E-state index contributed by atoms with van der Waals surface area (Å²) in [5.74, 6) is 0. The maximum absolute atomic E-state index is 8.85. The van der Waals surface area contributed by atoms with Gasteiger partial charge in [0.05, 0.1) is 10.6 Å². The average molecular weight is 211 g/mol. The molecule has 0 bridgehead atoms. The molecule has 1 aromatic rings. The molecule has 0 radical (unpaired) electrons. The highest BCUT2D eigenvalue weighted by Crippen LogP contribution is 2.14. The van der Waals surface area contributed by atoms with Crippen LogP contribution in [0.25, 0.3) is 0 Å². The van der Waals surface area contributed by atoms with E-state index in [9.17, 15) is 0 Å². The Kier molecular flexibility index (Phi) is 5.30. The van der Waals surface area contributed by atoms with Crippen LogP contribution in [0.3, 0.4) is 0 Å². The number of hydrogen-bond donors (Lipinski definition) is 1. The number of rotatable bonds is 6. The first-order valence-corrected chi connectivity index (χ1v) is 6.01. The molecule has 0 aromatic carbocycles. The minimum atomic E-state index is 0.830. The molecule has 0 unspecified atom stereocenters. The van der Waals surface area contributed by atoms with E-state index in [1.165, 1.54) is 19.3 Å². The molecule has 2 nitrogen and oxygen atoms in total. The van der Waals surface area contributed by atoms with Gasteiger partial charge in [0.2, 0.25) is 0 Å². The van der Waals surface area contributed by atoms with Crippen molar-refractivity contribution in [2.75, 3.05) is 0 Å². The molecule has 1 N–H and O–H groups in total. The van der Waals surface area contributed by atoms with Gasteiger partial charge in [-0.1, -0.05) is 37.4 Å². The molecule has 3 heteroatoms. The van der Waals surface area contributed by atoms with E-state index in [4.69, 9.17) is 5.21 Å². The Balaban J connectivity index is 2.34. The van der Waals surface area contributed by atoms with Crippen LogP contribution in [-0.2, 0) is 0 Å². The monoisotopic (exact) mass is 211 g/mol. The van der Waals surface area contributed by atoms with Gasteiger partial charge in [0.25, 0.3) is 0 Å². The summed E-state index contributed by atoms with van der Waals surface area (Å²) in [6, 6.07) is 3.98. The smallest absolute Gasteiger partial charge is 0.0967 e. The SMILES string of the molecule is CCCCCC/C(=N/O)c1cccs1. The van der Waals surface area contributed by atoms with Gasteiger partial charge in [0.1, 0.15) is 0 Å². The van der Waals surface area contributed by atoms with Gasteiger partial charge in [-0.3, -0.25) is 0 Å². The van der Waals surface area contributed by atoms with Gasteiger partial charge in [0.15, 0.2) is 0 Å². The average Bonchev–Trinajstić information content (AvgIpc) is 2.71. The second-order valence-electron chi connectivity index (χ2n) is 3.33. The van der Waals surface area contributed by atoms with E-state index in [0.717, 1.165) is 23.4 Å². The minimum Gasteiger partial charge on any atom is -0.411 e. The summed E-state index contributed by atoms with van der Waals surface area (Å²) in [6.07, 6.45) is 5.73. The van der Waals surface area contributed by atoms with Gasteiger partial charge in [-0.2, -0.15) is 0 Å². The van der Waals surface area contributed by atoms with E-state index in [1.807, 2.05) is 17.5 Å². The lowest BCUT2D eigenvalue weighted by atomic mass is 10.1. The fraction of sp³-hybridized carbons (Fsp3) is 0.545. The largest absolute Gasteiger partial charge is 0.411 e. The Hall–Kier alpha value is -0.830. The summed E-state index contributed by atoms with van der Waals surface area (Å²) < 4.78 is 0. The zero-order chi connectivity index (χ0) is 10.2. The van der Waals surface area contributed by atoms with Crippen molar-refractivity contribution in [3.8, 4) is 0 Å². The van der Waals surface area contributed by atoms with Crippen LogP contribution in [0.2, 0.25) is 0 Å². The molecule has 0 saturated heterocycles. The van der Waals surface area contributed by atoms with E-state index in [0.29, 0.717) is 0 Å². The predicted molar refractivity (Wildman–Crippen MR) is 61.4 cm³/mol. The number of oxime groups is 1. The first-order valence-electron chi connectivity index (χ1n) is 5.13. The summed E-state index contributed by atoms with van der Waals surface area (Å²) in [6.45, 7) is 2.19. The fourth-order valence-corrected chi connectivity index (χ4v) is 2.12. The zero-order valence-corrected chi connectivity index (χ0v) is 9.39. The zero-order valence-electron chi connectivity index (χ0n) is 8.57. The van der Waals surface area contributed by atoms with Crippen molar-refractivity contribution in [2.24, 2.45) is 5.16 Å². The van der Waals surface area contributed by atoms with Crippen molar-refractivity contribution in [3.05, 3.63) is 22.4 Å². The molecule has 1 heterocycles. The highest BCUT2D eigenvalue weighted by molar-refractivity contribution is 7.12. The highest BCUT2D eigenvalue weighted by atomic mass is 32.1. The third kappa shape index (κ3) is 3.50. The lowest BCUT2D eigenvalue weighted by Crippen LogP contribution is -1.97. The summed E-state index contributed by atoms with van der Waals surface area (Å²) in [5.41, 5.74) is 0.830. The van der Waals surface area contributed by atoms with Gasteiger partial charge in [-0.15, -0.1) is 11.3 Å². The Morgan fingerprint density at radius 2 is 2.29 bits per heavy atom. The van der Waals surface area contributed by atoms with E-state index >= 15 is 0 Å². The van der Waals surface area contributed by atoms with Crippen molar-refractivity contribution < 1.29 is 5.21 Å². The van der Waals surface area contributed by atoms with Gasteiger partial charge in [-0.05, 0) is 24.3 Å². The molecule has 1 rings (SSSR count). The molecular formula is C11H17NOS. The molecule has 14 heavy (non-hydrogen) atoms. The van der Waals surface area contributed by atoms with E-state index < -0.39 is 0 Å². The molecule has 0 saturated carbocycles. The first kappa shape index (κ1) is 11.2. The summed E-state index contributed by atoms with van der Waals surface area (Å²) in [5, 5.41) is 14.2. The number of unbranched alkanes of at least 4 members (excludes halogenated alkanes) is 3. The van der Waals surface area contributed by atoms with Crippen molar-refractivity contribution >= 4 is 17.0 Å². The van der Waals surface area contributed by atoms with Gasteiger partial charge < -0.3 is 5.21 Å². The standard InChI is InChI=1S/C11H17NOS/c1-2-3-4-5-7-10(12-13)11-8-6-9-14-11/h6,8-9,13H,2-5,7H2,1H3/b12-10-. The van der Waals surface area contributed by atoms with Crippen molar-refractivity contribution in [1.82, 2.24) is 0 Å². The summed E-state index contributed by atoms with van der Waals surface area (Å²) in [7, 11) is 0. The topological polar surface area (TPSA) is 32.6 Å². The molecule has 0 spiro atoms. The third-order valence-corrected chi connectivity index (χ3v) is 3.11. The van der Waals surface area contributed by atoms with Crippen LogP contribution in [0.15, 0.2) is 22.7 Å². The van der Waals surface area contributed by atoms with E-state index in [2.05, 4.69) is 12.1 Å². The van der Waals surface area contributed by atoms with Crippen LogP contribution in [0.1, 0.15) is 43.9 Å². The van der Waals surface area contributed by atoms with Crippen LogP contribution in [0, 0.1) is 0 Å². The first-order chi connectivity index (χ1) is 6.88. The molecule has 1 aromatic heterocycles.